The van der Waals surface area contributed by atoms with Crippen LogP contribution in [0.1, 0.15) is 28.5 Å². The number of furan rings is 1. The monoisotopic (exact) mass is 403 g/mol. The van der Waals surface area contributed by atoms with E-state index in [2.05, 4.69) is 33.7 Å². The first kappa shape index (κ1) is 19.9. The van der Waals surface area contributed by atoms with Gasteiger partial charge in [-0.05, 0) is 48.2 Å². The van der Waals surface area contributed by atoms with Gasteiger partial charge in [0.25, 0.3) is 0 Å². The molecule has 3 aromatic rings. The summed E-state index contributed by atoms with van der Waals surface area (Å²) in [5, 5.41) is 5.45. The lowest BCUT2D eigenvalue weighted by molar-refractivity contribution is -0.136. The number of aryl methyl sites for hydroxylation is 1. The molecule has 1 aromatic heterocycles. The number of rotatable bonds is 5. The number of carbonyl (C=O) groups is 2. The van der Waals surface area contributed by atoms with Crippen molar-refractivity contribution in [2.24, 2.45) is 0 Å². The predicted molar refractivity (Wildman–Crippen MR) is 115 cm³/mol. The van der Waals surface area contributed by atoms with Crippen LogP contribution in [0.2, 0.25) is 0 Å². The molecule has 1 aliphatic rings. The van der Waals surface area contributed by atoms with E-state index in [0.717, 1.165) is 30.8 Å². The fourth-order valence-corrected chi connectivity index (χ4v) is 3.84. The molecule has 2 heterocycles. The summed E-state index contributed by atoms with van der Waals surface area (Å²) in [6, 6.07) is 19.4. The van der Waals surface area contributed by atoms with Gasteiger partial charge in [-0.3, -0.25) is 14.5 Å². The Balaban J connectivity index is 1.43. The molecule has 1 atom stereocenters. The maximum atomic E-state index is 12.4. The Hall–Kier alpha value is -3.38. The van der Waals surface area contributed by atoms with Gasteiger partial charge >= 0.3 is 11.8 Å². The van der Waals surface area contributed by atoms with Gasteiger partial charge in [-0.2, -0.15) is 0 Å². The molecule has 154 valence electrons. The Morgan fingerprint density at radius 3 is 2.53 bits per heavy atom. The van der Waals surface area contributed by atoms with Gasteiger partial charge in [-0.15, -0.1) is 0 Å². The third-order valence-electron chi connectivity index (χ3n) is 5.53. The van der Waals surface area contributed by atoms with Crippen molar-refractivity contribution >= 4 is 17.5 Å². The van der Waals surface area contributed by atoms with Gasteiger partial charge < -0.3 is 15.1 Å². The van der Waals surface area contributed by atoms with E-state index in [1.165, 1.54) is 11.1 Å². The zero-order chi connectivity index (χ0) is 20.9. The second-order valence-electron chi connectivity index (χ2n) is 7.50. The van der Waals surface area contributed by atoms with Crippen molar-refractivity contribution in [2.45, 2.75) is 25.9 Å². The highest BCUT2D eigenvalue weighted by Crippen LogP contribution is 2.27. The SMILES string of the molecule is Cc1ccccc1NC(=O)C(=O)NCC(c1ccco1)N1CCc2ccccc2C1. The summed E-state index contributed by atoms with van der Waals surface area (Å²) in [4.78, 5) is 27.1. The molecule has 4 rings (SSSR count). The minimum Gasteiger partial charge on any atom is -0.468 e. The number of nitrogens with one attached hydrogen (secondary N) is 2. The summed E-state index contributed by atoms with van der Waals surface area (Å²) in [7, 11) is 0. The largest absolute Gasteiger partial charge is 0.468 e. The predicted octanol–water partition coefficient (Wildman–Crippen LogP) is 3.44. The summed E-state index contributed by atoms with van der Waals surface area (Å²) < 4.78 is 5.65. The van der Waals surface area contributed by atoms with Crippen LogP contribution in [0.25, 0.3) is 0 Å². The maximum Gasteiger partial charge on any atom is 0.313 e. The van der Waals surface area contributed by atoms with Crippen molar-refractivity contribution in [3.05, 3.63) is 89.4 Å². The lowest BCUT2D eigenvalue weighted by Gasteiger charge is -2.34. The molecule has 2 aromatic carbocycles. The van der Waals surface area contributed by atoms with Crippen molar-refractivity contribution in [1.29, 1.82) is 0 Å². The van der Waals surface area contributed by atoms with Crippen LogP contribution in [-0.4, -0.2) is 29.8 Å². The lowest BCUT2D eigenvalue weighted by Crippen LogP contribution is -2.43. The van der Waals surface area contributed by atoms with E-state index in [-0.39, 0.29) is 12.6 Å². The highest BCUT2D eigenvalue weighted by molar-refractivity contribution is 6.39. The van der Waals surface area contributed by atoms with E-state index in [1.807, 2.05) is 43.3 Å². The van der Waals surface area contributed by atoms with Gasteiger partial charge in [-0.1, -0.05) is 42.5 Å². The van der Waals surface area contributed by atoms with Crippen LogP contribution in [0, 0.1) is 6.92 Å². The van der Waals surface area contributed by atoms with Crippen LogP contribution < -0.4 is 10.6 Å². The molecule has 0 aliphatic carbocycles. The van der Waals surface area contributed by atoms with Gasteiger partial charge in [0.2, 0.25) is 0 Å². The van der Waals surface area contributed by atoms with Gasteiger partial charge in [-0.25, -0.2) is 0 Å². The van der Waals surface area contributed by atoms with Crippen LogP contribution in [0.3, 0.4) is 0 Å². The van der Waals surface area contributed by atoms with Crippen LogP contribution in [0.15, 0.2) is 71.3 Å². The van der Waals surface area contributed by atoms with Crippen LogP contribution in [0.4, 0.5) is 5.69 Å². The van der Waals surface area contributed by atoms with Crippen molar-refractivity contribution in [2.75, 3.05) is 18.4 Å². The second-order valence-corrected chi connectivity index (χ2v) is 7.50. The number of benzene rings is 2. The summed E-state index contributed by atoms with van der Waals surface area (Å²) in [5.74, 6) is -0.562. The average Bonchev–Trinajstić information content (AvgIpc) is 3.30. The Labute approximate surface area is 175 Å². The number of amides is 2. The topological polar surface area (TPSA) is 74.6 Å². The second kappa shape index (κ2) is 8.97. The average molecular weight is 403 g/mol. The number of anilines is 1. The van der Waals surface area contributed by atoms with E-state index in [1.54, 1.807) is 12.3 Å². The van der Waals surface area contributed by atoms with Gasteiger partial charge in [0.05, 0.1) is 12.3 Å². The summed E-state index contributed by atoms with van der Waals surface area (Å²) in [6.07, 6.45) is 2.57. The van der Waals surface area contributed by atoms with E-state index in [0.29, 0.717) is 5.69 Å². The summed E-state index contributed by atoms with van der Waals surface area (Å²) >= 11 is 0. The normalized spacial score (nSPS) is 14.6. The summed E-state index contributed by atoms with van der Waals surface area (Å²) in [5.41, 5.74) is 4.17. The van der Waals surface area contributed by atoms with Gasteiger partial charge in [0, 0.05) is 25.3 Å². The van der Waals surface area contributed by atoms with E-state index < -0.39 is 11.8 Å². The molecule has 0 bridgehead atoms. The molecular formula is C24H25N3O3. The van der Waals surface area contributed by atoms with E-state index in [9.17, 15) is 9.59 Å². The van der Waals surface area contributed by atoms with E-state index in [4.69, 9.17) is 4.42 Å². The molecule has 6 nitrogen and oxygen atoms in total. The molecule has 0 saturated heterocycles. The van der Waals surface area contributed by atoms with Crippen LogP contribution >= 0.6 is 0 Å². The number of hydrogen-bond donors (Lipinski definition) is 2. The third kappa shape index (κ3) is 4.44. The first-order chi connectivity index (χ1) is 14.6. The summed E-state index contributed by atoms with van der Waals surface area (Å²) in [6.45, 7) is 3.80. The molecule has 2 N–H and O–H groups in total. The molecular weight excluding hydrogens is 378 g/mol. The highest BCUT2D eigenvalue weighted by atomic mass is 16.3. The Morgan fingerprint density at radius 2 is 1.77 bits per heavy atom. The van der Waals surface area contributed by atoms with Crippen molar-refractivity contribution in [3.63, 3.8) is 0 Å². The fourth-order valence-electron chi connectivity index (χ4n) is 3.84. The molecule has 1 aliphatic heterocycles. The van der Waals surface area contributed by atoms with Gasteiger partial charge in [0.1, 0.15) is 5.76 Å². The quantitative estimate of drug-likeness (QED) is 0.640. The molecule has 0 saturated carbocycles. The molecule has 0 radical (unpaired) electrons. The fraction of sp³-hybridized carbons (Fsp3) is 0.250. The third-order valence-corrected chi connectivity index (χ3v) is 5.53. The van der Waals surface area contributed by atoms with Crippen molar-refractivity contribution in [3.8, 4) is 0 Å². The molecule has 30 heavy (non-hydrogen) atoms. The number of fused-ring (bicyclic) bond motifs is 1. The Morgan fingerprint density at radius 1 is 1.00 bits per heavy atom. The molecule has 6 heteroatoms. The Kier molecular flexibility index (Phi) is 5.95. The number of para-hydroxylation sites is 1. The molecule has 1 unspecified atom stereocenters. The van der Waals surface area contributed by atoms with Gasteiger partial charge in [0.15, 0.2) is 0 Å². The highest BCUT2D eigenvalue weighted by Gasteiger charge is 2.28. The van der Waals surface area contributed by atoms with Crippen LogP contribution in [-0.2, 0) is 22.6 Å². The zero-order valence-corrected chi connectivity index (χ0v) is 16.9. The zero-order valence-electron chi connectivity index (χ0n) is 16.9. The number of carbonyl (C=O) groups excluding carboxylic acids is 2. The van der Waals surface area contributed by atoms with E-state index >= 15 is 0 Å². The first-order valence-corrected chi connectivity index (χ1v) is 10.1. The van der Waals surface area contributed by atoms with Crippen molar-refractivity contribution in [1.82, 2.24) is 10.2 Å². The Bertz CT molecular complexity index is 1030. The smallest absolute Gasteiger partial charge is 0.313 e. The lowest BCUT2D eigenvalue weighted by atomic mass is 9.98. The number of hydrogen-bond acceptors (Lipinski definition) is 4. The molecule has 0 spiro atoms. The van der Waals surface area contributed by atoms with Crippen LogP contribution in [0.5, 0.6) is 0 Å². The molecule has 0 fully saturated rings. The number of nitrogens with zero attached hydrogens (tertiary/aromatic N) is 1. The first-order valence-electron chi connectivity index (χ1n) is 10.1. The molecule has 2 amide bonds. The maximum absolute atomic E-state index is 12.4. The van der Waals surface area contributed by atoms with Crippen molar-refractivity contribution < 1.29 is 14.0 Å². The minimum absolute atomic E-state index is 0.149. The standard InChI is InChI=1S/C24H25N3O3/c1-17-7-2-5-10-20(17)26-24(29)23(28)25-15-21(22-11-6-14-30-22)27-13-12-18-8-3-4-9-19(18)16-27/h2-11,14,21H,12-13,15-16H2,1H3,(H,25,28)(H,26,29). The minimum atomic E-state index is -0.675.